The molecule has 1 aromatic rings. The summed E-state index contributed by atoms with van der Waals surface area (Å²) in [6, 6.07) is 9.31. The van der Waals surface area contributed by atoms with Gasteiger partial charge in [0.2, 0.25) is 5.91 Å². The molecule has 0 aromatic heterocycles. The summed E-state index contributed by atoms with van der Waals surface area (Å²) in [6.07, 6.45) is 2.09. The van der Waals surface area contributed by atoms with Gasteiger partial charge in [-0.2, -0.15) is 0 Å². The average molecular weight is 316 g/mol. The second kappa shape index (κ2) is 6.94. The minimum Gasteiger partial charge on any atom is -0.371 e. The lowest BCUT2D eigenvalue weighted by molar-refractivity contribution is -0.140. The third-order valence-electron chi connectivity index (χ3n) is 4.90. The van der Waals surface area contributed by atoms with Gasteiger partial charge in [-0.15, -0.1) is 0 Å². The molecule has 0 atom stereocenters. The first-order valence-electron chi connectivity index (χ1n) is 8.82. The molecule has 1 amide bonds. The topological polar surface area (TPSA) is 23.6 Å². The van der Waals surface area contributed by atoms with Crippen LogP contribution in [0.25, 0.3) is 0 Å². The molecule has 3 heteroatoms. The monoisotopic (exact) mass is 316 g/mol. The lowest BCUT2D eigenvalue weighted by Gasteiger charge is -2.39. The van der Waals surface area contributed by atoms with Crippen molar-refractivity contribution < 1.29 is 4.79 Å². The van der Waals surface area contributed by atoms with Gasteiger partial charge in [0.1, 0.15) is 0 Å². The van der Waals surface area contributed by atoms with Crippen LogP contribution in [0.2, 0.25) is 0 Å². The van der Waals surface area contributed by atoms with E-state index in [1.165, 1.54) is 11.3 Å². The van der Waals surface area contributed by atoms with Crippen molar-refractivity contribution >= 4 is 11.6 Å². The zero-order valence-corrected chi connectivity index (χ0v) is 15.6. The molecular formula is C20H32N2O. The molecule has 1 aromatic carbocycles. The lowest BCUT2D eigenvalue weighted by Crippen LogP contribution is -2.48. The van der Waals surface area contributed by atoms with Crippen molar-refractivity contribution in [2.75, 3.05) is 25.0 Å². The summed E-state index contributed by atoms with van der Waals surface area (Å²) in [5.74, 6) is 0.823. The highest BCUT2D eigenvalue weighted by Gasteiger charge is 2.31. The first-order valence-corrected chi connectivity index (χ1v) is 8.82. The van der Waals surface area contributed by atoms with Gasteiger partial charge in [-0.05, 0) is 36.5 Å². The van der Waals surface area contributed by atoms with Crippen LogP contribution in [0.3, 0.4) is 0 Å². The Balaban J connectivity index is 1.94. The van der Waals surface area contributed by atoms with Crippen LogP contribution in [-0.2, 0) is 4.79 Å². The van der Waals surface area contributed by atoms with Crippen LogP contribution in [0.4, 0.5) is 5.69 Å². The zero-order valence-electron chi connectivity index (χ0n) is 15.6. The molecule has 0 bridgehead atoms. The van der Waals surface area contributed by atoms with Gasteiger partial charge in [-0.1, -0.05) is 46.8 Å². The number of piperidine rings is 1. The first kappa shape index (κ1) is 17.8. The predicted molar refractivity (Wildman–Crippen MR) is 98.0 cm³/mol. The number of rotatable bonds is 3. The maximum Gasteiger partial charge on any atom is 0.227 e. The van der Waals surface area contributed by atoms with E-state index in [2.05, 4.69) is 43.0 Å². The largest absolute Gasteiger partial charge is 0.371 e. The molecule has 0 saturated carbocycles. The van der Waals surface area contributed by atoms with Gasteiger partial charge in [0.05, 0.1) is 0 Å². The fraction of sp³-hybridized carbons (Fsp3) is 0.650. The van der Waals surface area contributed by atoms with Gasteiger partial charge in [0.15, 0.2) is 0 Å². The van der Waals surface area contributed by atoms with E-state index in [1.54, 1.807) is 0 Å². The zero-order chi connectivity index (χ0) is 17.2. The van der Waals surface area contributed by atoms with E-state index in [4.69, 9.17) is 0 Å². The van der Waals surface area contributed by atoms with Crippen LogP contribution < -0.4 is 4.90 Å². The summed E-state index contributed by atoms with van der Waals surface area (Å²) in [6.45, 7) is 12.5. The highest BCUT2D eigenvalue weighted by Crippen LogP contribution is 2.26. The van der Waals surface area contributed by atoms with Gasteiger partial charge in [0, 0.05) is 37.3 Å². The molecule has 0 aliphatic carbocycles. The minimum atomic E-state index is -0.293. The molecule has 0 unspecified atom stereocenters. The van der Waals surface area contributed by atoms with Crippen molar-refractivity contribution in [2.45, 2.75) is 59.4 Å². The van der Waals surface area contributed by atoms with E-state index in [9.17, 15) is 4.79 Å². The fourth-order valence-corrected chi connectivity index (χ4v) is 3.28. The Morgan fingerprint density at radius 3 is 2.09 bits per heavy atom. The molecule has 1 aliphatic heterocycles. The average Bonchev–Trinajstić information content (AvgIpc) is 2.53. The molecule has 0 N–H and O–H groups in total. The summed E-state index contributed by atoms with van der Waals surface area (Å²) in [7, 11) is 1.96. The Labute approximate surface area is 141 Å². The number of benzene rings is 1. The lowest BCUT2D eigenvalue weighted by atomic mass is 9.92. The minimum absolute atomic E-state index is 0.247. The molecule has 0 spiro atoms. The maximum atomic E-state index is 12.4. The quantitative estimate of drug-likeness (QED) is 0.831. The van der Waals surface area contributed by atoms with Gasteiger partial charge >= 0.3 is 0 Å². The molecule has 1 saturated heterocycles. The number of anilines is 1. The summed E-state index contributed by atoms with van der Waals surface area (Å²) in [5.41, 5.74) is 2.40. The Morgan fingerprint density at radius 2 is 1.65 bits per heavy atom. The summed E-state index contributed by atoms with van der Waals surface area (Å²) >= 11 is 0. The molecule has 23 heavy (non-hydrogen) atoms. The van der Waals surface area contributed by atoms with Gasteiger partial charge in [-0.25, -0.2) is 0 Å². The third kappa shape index (κ3) is 4.27. The second-order valence-electron chi connectivity index (χ2n) is 8.13. The van der Waals surface area contributed by atoms with E-state index in [1.807, 2.05) is 32.7 Å². The number of carbonyl (C=O) groups is 1. The standard InChI is InChI=1S/C20H32N2O/c1-15(2)16-7-9-18(10-8-16)22-13-11-17(12-14-22)21(6)19(23)20(3,4)5/h7-10,15,17H,11-14H2,1-6H3. The smallest absolute Gasteiger partial charge is 0.227 e. The number of hydrogen-bond acceptors (Lipinski definition) is 2. The number of hydrogen-bond donors (Lipinski definition) is 0. The van der Waals surface area contributed by atoms with Crippen LogP contribution in [0.15, 0.2) is 24.3 Å². The van der Waals surface area contributed by atoms with Crippen molar-refractivity contribution in [3.05, 3.63) is 29.8 Å². The SMILES string of the molecule is CC(C)c1ccc(N2CCC(N(C)C(=O)C(C)(C)C)CC2)cc1. The van der Waals surface area contributed by atoms with Crippen LogP contribution in [-0.4, -0.2) is 37.0 Å². The molecule has 2 rings (SSSR count). The van der Waals surface area contributed by atoms with E-state index in [0.717, 1.165) is 25.9 Å². The molecule has 128 valence electrons. The Morgan fingerprint density at radius 1 is 1.13 bits per heavy atom. The summed E-state index contributed by atoms with van der Waals surface area (Å²) in [4.78, 5) is 16.8. The van der Waals surface area contributed by atoms with Gasteiger partial charge in [-0.3, -0.25) is 4.79 Å². The van der Waals surface area contributed by atoms with Crippen molar-refractivity contribution in [2.24, 2.45) is 5.41 Å². The molecule has 1 heterocycles. The van der Waals surface area contributed by atoms with Crippen molar-refractivity contribution in [3.63, 3.8) is 0 Å². The normalized spacial score (nSPS) is 16.7. The van der Waals surface area contributed by atoms with E-state index in [-0.39, 0.29) is 11.3 Å². The van der Waals surface area contributed by atoms with Crippen LogP contribution in [0.5, 0.6) is 0 Å². The van der Waals surface area contributed by atoms with Crippen molar-refractivity contribution in [3.8, 4) is 0 Å². The molecule has 1 fully saturated rings. The summed E-state index contributed by atoms with van der Waals surface area (Å²) in [5, 5.41) is 0. The molecule has 1 aliphatic rings. The highest BCUT2D eigenvalue weighted by atomic mass is 16.2. The molecule has 3 nitrogen and oxygen atoms in total. The first-order chi connectivity index (χ1) is 10.7. The van der Waals surface area contributed by atoms with Gasteiger partial charge < -0.3 is 9.80 Å². The van der Waals surface area contributed by atoms with Crippen molar-refractivity contribution in [1.29, 1.82) is 0 Å². The van der Waals surface area contributed by atoms with E-state index in [0.29, 0.717) is 12.0 Å². The Hall–Kier alpha value is -1.51. The highest BCUT2D eigenvalue weighted by molar-refractivity contribution is 5.81. The number of carbonyl (C=O) groups excluding carboxylic acids is 1. The van der Waals surface area contributed by atoms with Crippen LogP contribution in [0.1, 0.15) is 58.9 Å². The maximum absolute atomic E-state index is 12.4. The molecule has 0 radical (unpaired) electrons. The Kier molecular flexibility index (Phi) is 5.38. The van der Waals surface area contributed by atoms with Gasteiger partial charge in [0.25, 0.3) is 0 Å². The van der Waals surface area contributed by atoms with E-state index < -0.39 is 0 Å². The van der Waals surface area contributed by atoms with Crippen molar-refractivity contribution in [1.82, 2.24) is 4.90 Å². The molecular weight excluding hydrogens is 284 g/mol. The van der Waals surface area contributed by atoms with Crippen LogP contribution in [0, 0.1) is 5.41 Å². The number of amides is 1. The second-order valence-corrected chi connectivity index (χ2v) is 8.13. The Bertz CT molecular complexity index is 520. The number of nitrogens with zero attached hydrogens (tertiary/aromatic N) is 2. The van der Waals surface area contributed by atoms with E-state index >= 15 is 0 Å². The third-order valence-corrected chi connectivity index (χ3v) is 4.90. The van der Waals surface area contributed by atoms with Crippen LogP contribution >= 0.6 is 0 Å². The fourth-order valence-electron chi connectivity index (χ4n) is 3.28. The summed E-state index contributed by atoms with van der Waals surface area (Å²) < 4.78 is 0. The predicted octanol–water partition coefficient (Wildman–Crippen LogP) is 4.28.